The first-order chi connectivity index (χ1) is 21.2. The minimum absolute atomic E-state index is 0.129. The molecule has 18 nitrogen and oxygen atoms in total. The Balaban J connectivity index is 2.65. The zero-order valence-electron chi connectivity index (χ0n) is 25.2. The van der Waals surface area contributed by atoms with Crippen molar-refractivity contribution in [3.05, 3.63) is 25.3 Å². The molecule has 0 bridgehead atoms. The lowest BCUT2D eigenvalue weighted by atomic mass is 9.95. The summed E-state index contributed by atoms with van der Waals surface area (Å²) in [5.74, 6) is -4.03. The molecule has 18 heteroatoms. The van der Waals surface area contributed by atoms with Gasteiger partial charge in [-0.1, -0.05) is 12.2 Å². The molecule has 0 aliphatic carbocycles. The third-order valence-corrected chi connectivity index (χ3v) is 6.17. The van der Waals surface area contributed by atoms with Gasteiger partial charge in [0.2, 0.25) is 11.8 Å². The fraction of sp³-hybridized carbons (Fsp3) is 0.630. The predicted octanol–water partition coefficient (Wildman–Crippen LogP) is -1.52. The zero-order valence-corrected chi connectivity index (χ0v) is 25.2. The van der Waals surface area contributed by atoms with Crippen LogP contribution < -0.4 is 16.8 Å². The van der Waals surface area contributed by atoms with E-state index in [0.717, 1.165) is 27.7 Å². The third kappa shape index (κ3) is 10.8. The molecule has 0 saturated carbocycles. The molecule has 0 unspecified atom stereocenters. The Bertz CT molecular complexity index is 1120. The average Bonchev–Trinajstić information content (AvgIpc) is 3.24. The molecular formula is C27H39N3O15. The lowest BCUT2D eigenvalue weighted by molar-refractivity contribution is -0.304. The number of ether oxygens (including phenoxy) is 9. The molecular weight excluding hydrogens is 606 g/mol. The summed E-state index contributed by atoms with van der Waals surface area (Å²) in [6.45, 7) is 10.7. The van der Waals surface area contributed by atoms with Crippen molar-refractivity contribution in [2.24, 2.45) is 11.5 Å². The first-order valence-electron chi connectivity index (χ1n) is 13.6. The van der Waals surface area contributed by atoms with Crippen LogP contribution in [-0.2, 0) is 66.6 Å². The summed E-state index contributed by atoms with van der Waals surface area (Å²) in [5.41, 5.74) is 10.9. The first-order valence-corrected chi connectivity index (χ1v) is 13.6. The fourth-order valence-corrected chi connectivity index (χ4v) is 4.67. The van der Waals surface area contributed by atoms with Crippen LogP contribution in [0.2, 0.25) is 0 Å². The summed E-state index contributed by atoms with van der Waals surface area (Å²) in [4.78, 5) is 72.6. The third-order valence-electron chi connectivity index (χ3n) is 6.17. The van der Waals surface area contributed by atoms with E-state index in [9.17, 15) is 28.8 Å². The highest BCUT2D eigenvalue weighted by Gasteiger charge is 2.57. The van der Waals surface area contributed by atoms with Gasteiger partial charge in [-0.05, 0) is 0 Å². The summed E-state index contributed by atoms with van der Waals surface area (Å²) in [5, 5.41) is 2.54. The number of primary amides is 2. The van der Waals surface area contributed by atoms with Crippen LogP contribution >= 0.6 is 0 Å². The van der Waals surface area contributed by atoms with Crippen LogP contribution in [0.25, 0.3) is 0 Å². The van der Waals surface area contributed by atoms with Gasteiger partial charge in [-0.25, -0.2) is 4.79 Å². The molecule has 0 spiro atoms. The number of carbonyl (C=O) groups excluding carboxylic acids is 6. The van der Waals surface area contributed by atoms with Gasteiger partial charge in [0, 0.05) is 27.7 Å². The molecule has 2 aliphatic heterocycles. The van der Waals surface area contributed by atoms with Crippen LogP contribution in [0.4, 0.5) is 4.79 Å². The largest absolute Gasteiger partial charge is 0.463 e. The molecule has 0 aromatic rings. The second kappa shape index (κ2) is 17.4. The number of rotatable bonds is 16. The van der Waals surface area contributed by atoms with Gasteiger partial charge in [0.25, 0.3) is 0 Å². The number of amides is 3. The second-order valence-electron chi connectivity index (χ2n) is 9.76. The molecule has 5 N–H and O–H groups in total. The Morgan fingerprint density at radius 1 is 0.800 bits per heavy atom. The Morgan fingerprint density at radius 2 is 1.42 bits per heavy atom. The van der Waals surface area contributed by atoms with Crippen LogP contribution in [-0.4, -0.2) is 117 Å². The van der Waals surface area contributed by atoms with Crippen molar-refractivity contribution >= 4 is 35.8 Å². The Labute approximate surface area is 258 Å². The number of carbonyl (C=O) groups is 6. The molecule has 45 heavy (non-hydrogen) atoms. The van der Waals surface area contributed by atoms with Gasteiger partial charge in [-0.3, -0.25) is 24.0 Å². The molecule has 252 valence electrons. The molecule has 2 rings (SSSR count). The summed E-state index contributed by atoms with van der Waals surface area (Å²) >= 11 is 0. The Kier molecular flexibility index (Phi) is 14.3. The summed E-state index contributed by atoms with van der Waals surface area (Å²) in [7, 11) is 0. The monoisotopic (exact) mass is 645 g/mol. The molecule has 2 heterocycles. The fourth-order valence-electron chi connectivity index (χ4n) is 4.67. The lowest BCUT2D eigenvalue weighted by Crippen LogP contribution is -2.67. The van der Waals surface area contributed by atoms with E-state index in [1.165, 1.54) is 12.2 Å². The molecule has 3 amide bonds. The van der Waals surface area contributed by atoms with Gasteiger partial charge >= 0.3 is 24.0 Å². The summed E-state index contributed by atoms with van der Waals surface area (Å²) < 4.78 is 50.5. The van der Waals surface area contributed by atoms with Crippen molar-refractivity contribution in [2.75, 3.05) is 19.8 Å². The summed E-state index contributed by atoms with van der Waals surface area (Å²) in [6, 6.07) is -1.40. The van der Waals surface area contributed by atoms with Gasteiger partial charge in [0.05, 0.1) is 13.2 Å². The van der Waals surface area contributed by atoms with E-state index in [2.05, 4.69) is 18.5 Å². The molecule has 0 radical (unpaired) electrons. The first kappa shape index (κ1) is 37.1. The van der Waals surface area contributed by atoms with Gasteiger partial charge < -0.3 is 59.4 Å². The molecule has 0 aromatic heterocycles. The average molecular weight is 646 g/mol. The van der Waals surface area contributed by atoms with Crippen molar-refractivity contribution in [1.29, 1.82) is 0 Å². The SMILES string of the molecule is C=CCO[C@@H]1O[C@H]([C@H](OCC=C)C(N)=O)[C@H](OC(N)=O)[C@H]1O[C@@H]1O[C@H](COC(C)=O)[C@@H](OC(C)=O)[C@H](OC(C)=O)[C@H]1NC(C)=O. The maximum Gasteiger partial charge on any atom is 0.404 e. The topological polar surface area (TPSA) is 250 Å². The minimum atomic E-state index is -1.63. The quantitative estimate of drug-likeness (QED) is 0.0979. The van der Waals surface area contributed by atoms with Crippen molar-refractivity contribution in [2.45, 2.75) is 89.0 Å². The van der Waals surface area contributed by atoms with E-state index in [1.807, 2.05) is 0 Å². The lowest BCUT2D eigenvalue weighted by Gasteiger charge is -2.45. The van der Waals surface area contributed by atoms with Crippen LogP contribution in [0.15, 0.2) is 25.3 Å². The second-order valence-corrected chi connectivity index (χ2v) is 9.76. The van der Waals surface area contributed by atoms with Crippen molar-refractivity contribution in [1.82, 2.24) is 5.32 Å². The van der Waals surface area contributed by atoms with Crippen molar-refractivity contribution < 1.29 is 71.4 Å². The maximum absolute atomic E-state index is 12.4. The number of nitrogens with two attached hydrogens (primary N) is 2. The van der Waals surface area contributed by atoms with E-state index >= 15 is 0 Å². The van der Waals surface area contributed by atoms with Crippen LogP contribution in [0.5, 0.6) is 0 Å². The standard InChI is InChI=1S/C27H39N3O15/c1-7-9-37-22(24(28)35)20-21(45-27(29)36)23(26(43-20)38-10-8-2)44-25-17(30-12(3)31)19(41-15(6)34)18(40-14(5)33)16(42-25)11-39-13(4)32/h7-8,16-23,25-26H,1-2,9-11H2,3-6H3,(H2,28,35)(H2,29,36)(H,30,31)/t16-,17-,18-,19-,20+,21+,22+,23-,25+,26-/m1/s1. The Morgan fingerprint density at radius 3 is 1.93 bits per heavy atom. The van der Waals surface area contributed by atoms with Crippen LogP contribution in [0, 0.1) is 0 Å². The van der Waals surface area contributed by atoms with E-state index < -0.39 is 104 Å². The molecule has 0 aromatic carbocycles. The maximum atomic E-state index is 12.4. The smallest absolute Gasteiger partial charge is 0.404 e. The molecule has 2 aliphatic rings. The minimum Gasteiger partial charge on any atom is -0.463 e. The van der Waals surface area contributed by atoms with Crippen LogP contribution in [0.1, 0.15) is 27.7 Å². The highest BCUT2D eigenvalue weighted by Crippen LogP contribution is 2.35. The van der Waals surface area contributed by atoms with E-state index in [1.54, 1.807) is 0 Å². The van der Waals surface area contributed by atoms with Crippen molar-refractivity contribution in [3.8, 4) is 0 Å². The highest BCUT2D eigenvalue weighted by atomic mass is 16.8. The normalized spacial score (nSPS) is 29.8. The van der Waals surface area contributed by atoms with Crippen molar-refractivity contribution in [3.63, 3.8) is 0 Å². The number of hydrogen-bond donors (Lipinski definition) is 3. The van der Waals surface area contributed by atoms with Gasteiger partial charge in [-0.15, -0.1) is 13.2 Å². The van der Waals surface area contributed by atoms with Gasteiger partial charge in [0.1, 0.15) is 24.9 Å². The highest BCUT2D eigenvalue weighted by molar-refractivity contribution is 5.80. The molecule has 2 saturated heterocycles. The number of esters is 3. The zero-order chi connectivity index (χ0) is 33.8. The van der Waals surface area contributed by atoms with E-state index in [-0.39, 0.29) is 13.2 Å². The molecule has 2 fully saturated rings. The number of hydrogen-bond acceptors (Lipinski definition) is 15. The summed E-state index contributed by atoms with van der Waals surface area (Å²) in [6.07, 6.45) is -11.9. The van der Waals surface area contributed by atoms with Gasteiger partial charge in [-0.2, -0.15) is 0 Å². The van der Waals surface area contributed by atoms with Crippen LogP contribution in [0.3, 0.4) is 0 Å². The van der Waals surface area contributed by atoms with Gasteiger partial charge in [0.15, 0.2) is 43.1 Å². The molecule has 10 atom stereocenters. The van der Waals surface area contributed by atoms with E-state index in [0.29, 0.717) is 0 Å². The number of nitrogens with one attached hydrogen (secondary N) is 1. The Hall–Kier alpha value is -4.10. The van der Waals surface area contributed by atoms with E-state index in [4.69, 9.17) is 54.1 Å². The predicted molar refractivity (Wildman–Crippen MR) is 147 cm³/mol.